The molecule has 0 bridgehead atoms. The fourth-order valence-electron chi connectivity index (χ4n) is 14.1. The largest absolute Gasteiger partial charge is 0.493 e. The summed E-state index contributed by atoms with van der Waals surface area (Å²) >= 11 is 0. The van der Waals surface area contributed by atoms with Crippen LogP contribution in [0.3, 0.4) is 0 Å². The smallest absolute Gasteiger partial charge is 0.175 e. The Kier molecular flexibility index (Phi) is 27.6. The molecular weight excluding hydrogens is 1240 g/mol. The summed E-state index contributed by atoms with van der Waals surface area (Å²) < 4.78 is 36.1. The lowest BCUT2D eigenvalue weighted by Crippen LogP contribution is -2.35. The van der Waals surface area contributed by atoms with Gasteiger partial charge in [-0.2, -0.15) is 0 Å². The van der Waals surface area contributed by atoms with Crippen molar-refractivity contribution in [1.82, 2.24) is 45.3 Å². The van der Waals surface area contributed by atoms with E-state index in [2.05, 4.69) is 185 Å². The van der Waals surface area contributed by atoms with Crippen molar-refractivity contribution in [2.45, 2.75) is 148 Å². The van der Waals surface area contributed by atoms with Crippen LogP contribution in [0.25, 0.3) is 32.9 Å². The molecule has 0 atom stereocenters. The molecule has 0 amide bonds. The van der Waals surface area contributed by atoms with Crippen LogP contribution < -0.4 is 19.5 Å². The Morgan fingerprint density at radius 2 is 0.698 bits per heavy atom. The molecular formula is C79H111Cl2N9O6. The quantitative estimate of drug-likeness (QED) is 0.0457. The first-order valence-corrected chi connectivity index (χ1v) is 36.3. The van der Waals surface area contributed by atoms with E-state index >= 15 is 0 Å². The lowest BCUT2D eigenvalue weighted by atomic mass is 9.91. The number of nitrogens with zero attached hydrogens (tertiary/aromatic N) is 8. The van der Waals surface area contributed by atoms with E-state index in [0.717, 1.165) is 204 Å². The fourth-order valence-corrected chi connectivity index (χ4v) is 14.1. The van der Waals surface area contributed by atoms with Crippen molar-refractivity contribution in [3.05, 3.63) is 142 Å². The Morgan fingerprint density at radius 1 is 0.385 bits per heavy atom. The number of aromatic nitrogens is 3. The van der Waals surface area contributed by atoms with Gasteiger partial charge in [0.2, 0.25) is 0 Å². The SMILES string of the molecule is CN(C)Cc1c(OCC2CC2)ccc2c(CCC3CCN(CCc4ccccc4)CC3)noc12.CN(C)Cc1c(OCC2CC2)ccc2c(CCC3CCN(CCc4ccccc4)CC3)noc12.CN(C)Cc1c(OCC2CC2)ccc2c(CCC3CCNCC3)noc12.Cl.Cl. The molecule has 6 aliphatic rings. The summed E-state index contributed by atoms with van der Waals surface area (Å²) in [5.41, 5.74) is 12.3. The summed E-state index contributed by atoms with van der Waals surface area (Å²) in [7, 11) is 12.5. The van der Waals surface area contributed by atoms with Gasteiger partial charge in [0, 0.05) is 48.9 Å². The summed E-state index contributed by atoms with van der Waals surface area (Å²) in [6.45, 7) is 14.4. The molecule has 17 heteroatoms. The van der Waals surface area contributed by atoms with E-state index in [-0.39, 0.29) is 24.8 Å². The van der Waals surface area contributed by atoms with Crippen molar-refractivity contribution in [3.63, 3.8) is 0 Å². The highest BCUT2D eigenvalue weighted by Gasteiger charge is 2.29. The normalized spacial score (nSPS) is 17.6. The van der Waals surface area contributed by atoms with Gasteiger partial charge in [-0.1, -0.05) is 76.1 Å². The average molecular weight is 1350 g/mol. The average Bonchev–Trinajstić information content (AvgIpc) is 1.62. The van der Waals surface area contributed by atoms with Gasteiger partial charge in [0.15, 0.2) is 16.7 Å². The summed E-state index contributed by atoms with van der Waals surface area (Å²) in [5.74, 6) is 7.45. The molecule has 3 saturated heterocycles. The highest BCUT2D eigenvalue weighted by Crippen LogP contribution is 2.39. The van der Waals surface area contributed by atoms with Crippen molar-refractivity contribution in [2.75, 3.05) is 114 Å². The van der Waals surface area contributed by atoms with Crippen molar-refractivity contribution in [3.8, 4) is 17.2 Å². The fraction of sp³-hybridized carbons (Fsp3) is 0.582. The number of ether oxygens (including phenoxy) is 3. The van der Waals surface area contributed by atoms with Gasteiger partial charge in [-0.3, -0.25) is 0 Å². The number of nitrogens with one attached hydrogen (secondary N) is 1. The molecule has 6 fully saturated rings. The second-order valence-corrected chi connectivity index (χ2v) is 29.5. The van der Waals surface area contributed by atoms with Crippen molar-refractivity contribution in [1.29, 1.82) is 0 Å². The molecule has 6 heterocycles. The maximum absolute atomic E-state index is 6.17. The zero-order valence-electron chi connectivity index (χ0n) is 58.6. The van der Waals surface area contributed by atoms with Gasteiger partial charge in [-0.05, 0) is 293 Å². The third-order valence-electron chi connectivity index (χ3n) is 20.6. The van der Waals surface area contributed by atoms with Crippen LogP contribution in [0.2, 0.25) is 0 Å². The second-order valence-electron chi connectivity index (χ2n) is 29.5. The predicted molar refractivity (Wildman–Crippen MR) is 393 cm³/mol. The lowest BCUT2D eigenvalue weighted by molar-refractivity contribution is 0.180. The molecule has 3 aromatic heterocycles. The zero-order chi connectivity index (χ0) is 64.6. The van der Waals surface area contributed by atoms with E-state index in [1.54, 1.807) is 0 Å². The van der Waals surface area contributed by atoms with Gasteiger partial charge < -0.3 is 57.6 Å². The van der Waals surface area contributed by atoms with Gasteiger partial charge in [-0.25, -0.2) is 0 Å². The third-order valence-corrected chi connectivity index (χ3v) is 20.6. The van der Waals surface area contributed by atoms with Gasteiger partial charge in [0.05, 0.1) is 53.6 Å². The molecule has 3 saturated carbocycles. The standard InChI is InChI=1S/2C29H39N3O2.C21H31N3O2.2ClH/c2*1-31(2)20-26-28(33-21-24-8-9-24)13-11-25-27(30-34-29(25)26)12-10-23-15-18-32(19-16-23)17-14-22-6-4-3-5-7-22;1-24(2)13-18-20(25-14-16-3-4-16)8-6-17-19(23-26-21(17)18)7-5-15-9-11-22-12-10-15;;/h2*3-7,11,13,23-24H,8-10,12,14-21H2,1-2H3;6,8,15-16,22H,3-5,7,9-14H2,1-2H3;2*1H. The van der Waals surface area contributed by atoms with E-state index in [1.807, 2.05) is 0 Å². The first-order chi connectivity index (χ1) is 46.0. The van der Waals surface area contributed by atoms with Gasteiger partial charge in [-0.15, -0.1) is 24.8 Å². The number of hydrogen-bond acceptors (Lipinski definition) is 15. The highest BCUT2D eigenvalue weighted by atomic mass is 35.5. The van der Waals surface area contributed by atoms with Crippen molar-refractivity contribution in [2.24, 2.45) is 35.5 Å². The number of halogens is 2. The van der Waals surface area contributed by atoms with Crippen molar-refractivity contribution >= 4 is 57.7 Å². The minimum absolute atomic E-state index is 0. The van der Waals surface area contributed by atoms with E-state index in [1.165, 1.54) is 147 Å². The van der Waals surface area contributed by atoms with Crippen LogP contribution in [0, 0.1) is 35.5 Å². The van der Waals surface area contributed by atoms with E-state index in [4.69, 9.17) is 27.8 Å². The molecule has 3 aliphatic heterocycles. The zero-order valence-corrected chi connectivity index (χ0v) is 60.2. The maximum Gasteiger partial charge on any atom is 0.175 e. The Hall–Kier alpha value is -5.75. The molecule has 1 N–H and O–H groups in total. The molecule has 3 aliphatic carbocycles. The minimum Gasteiger partial charge on any atom is -0.493 e. The van der Waals surface area contributed by atoms with E-state index < -0.39 is 0 Å². The minimum atomic E-state index is 0. The molecule has 522 valence electrons. The third kappa shape index (κ3) is 21.4. The van der Waals surface area contributed by atoms with Gasteiger partial charge in [0.25, 0.3) is 0 Å². The summed E-state index contributed by atoms with van der Waals surface area (Å²) in [6.07, 6.45) is 24.4. The van der Waals surface area contributed by atoms with Crippen LogP contribution in [0.1, 0.15) is 141 Å². The second kappa shape index (κ2) is 36.4. The number of likely N-dealkylation sites (tertiary alicyclic amines) is 2. The Labute approximate surface area is 584 Å². The van der Waals surface area contributed by atoms with E-state index in [9.17, 15) is 0 Å². The molecule has 96 heavy (non-hydrogen) atoms. The molecule has 15 nitrogen and oxygen atoms in total. The number of piperidine rings is 3. The summed E-state index contributed by atoms with van der Waals surface area (Å²) in [4.78, 5) is 11.8. The number of aryl methyl sites for hydroxylation is 3. The van der Waals surface area contributed by atoms with Crippen LogP contribution in [0.15, 0.2) is 111 Å². The molecule has 0 radical (unpaired) electrons. The Bertz CT molecular complexity index is 3410. The summed E-state index contributed by atoms with van der Waals surface area (Å²) in [6, 6.07) is 34.6. The number of hydrogen-bond donors (Lipinski definition) is 1. The summed E-state index contributed by atoms with van der Waals surface area (Å²) in [5, 5.41) is 20.4. The first-order valence-electron chi connectivity index (χ1n) is 36.3. The van der Waals surface area contributed by atoms with Gasteiger partial charge in [0.1, 0.15) is 17.2 Å². The van der Waals surface area contributed by atoms with E-state index in [0.29, 0.717) is 0 Å². The van der Waals surface area contributed by atoms with Crippen molar-refractivity contribution < 1.29 is 27.8 Å². The molecule has 0 spiro atoms. The lowest BCUT2D eigenvalue weighted by Gasteiger charge is -2.31. The first kappa shape index (κ1) is 73.0. The number of benzene rings is 5. The van der Waals surface area contributed by atoms with Crippen LogP contribution in [0.5, 0.6) is 17.2 Å². The molecule has 14 rings (SSSR count). The van der Waals surface area contributed by atoms with Gasteiger partial charge >= 0.3 is 0 Å². The van der Waals surface area contributed by atoms with Crippen LogP contribution in [0.4, 0.5) is 0 Å². The Morgan fingerprint density at radius 3 is 1.00 bits per heavy atom. The predicted octanol–water partition coefficient (Wildman–Crippen LogP) is 15.6. The number of rotatable bonds is 30. The van der Waals surface area contributed by atoms with Crippen LogP contribution in [-0.2, 0) is 51.7 Å². The topological polar surface area (TPSA) is 134 Å². The molecule has 8 aromatic rings. The molecule has 5 aromatic carbocycles. The maximum atomic E-state index is 6.17. The van der Waals surface area contributed by atoms with Crippen LogP contribution in [-0.4, -0.2) is 154 Å². The monoisotopic (exact) mass is 1350 g/mol. The van der Waals surface area contributed by atoms with Crippen LogP contribution >= 0.6 is 24.8 Å². The Balaban J connectivity index is 0.000000157. The molecule has 0 unspecified atom stereocenters. The highest BCUT2D eigenvalue weighted by molar-refractivity contribution is 5.87. The number of fused-ring (bicyclic) bond motifs is 3.